The molecule has 154 valence electrons. The highest BCUT2D eigenvalue weighted by Gasteiger charge is 2.52. The number of aromatic nitrogens is 2. The Labute approximate surface area is 172 Å². The minimum atomic E-state index is -0.334. The molecule has 30 heavy (non-hydrogen) atoms. The molecule has 3 heterocycles. The molecule has 2 atom stereocenters. The van der Waals surface area contributed by atoms with Crippen LogP contribution in [0.5, 0.6) is 0 Å². The topological polar surface area (TPSA) is 75.5 Å². The van der Waals surface area contributed by atoms with E-state index in [1.54, 1.807) is 30.1 Å². The molecule has 2 aromatic rings. The minimum absolute atomic E-state index is 0.106. The number of carbonyl (C=O) groups excluding carboxylic acids is 3. The van der Waals surface area contributed by atoms with Crippen LogP contribution in [0.4, 0.5) is 4.39 Å². The Bertz CT molecular complexity index is 1040. The summed E-state index contributed by atoms with van der Waals surface area (Å²) in [6, 6.07) is 7.35. The summed E-state index contributed by atoms with van der Waals surface area (Å²) in [6.07, 6.45) is 5.16. The van der Waals surface area contributed by atoms with Gasteiger partial charge in [-0.3, -0.25) is 24.0 Å². The van der Waals surface area contributed by atoms with Crippen LogP contribution < -0.4 is 0 Å². The van der Waals surface area contributed by atoms with Crippen LogP contribution in [0, 0.1) is 17.7 Å². The lowest BCUT2D eigenvalue weighted by Gasteiger charge is -2.43. The number of allylic oxidation sites excluding steroid dienone is 2. The highest BCUT2D eigenvalue weighted by molar-refractivity contribution is 6.06. The van der Waals surface area contributed by atoms with Gasteiger partial charge >= 0.3 is 0 Å². The van der Waals surface area contributed by atoms with Crippen molar-refractivity contribution in [3.63, 3.8) is 0 Å². The van der Waals surface area contributed by atoms with Gasteiger partial charge in [0.15, 0.2) is 0 Å². The number of benzene rings is 1. The first-order chi connectivity index (χ1) is 14.4. The molecule has 0 bridgehead atoms. The first-order valence-corrected chi connectivity index (χ1v) is 10.0. The number of amides is 3. The molecule has 2 saturated heterocycles. The van der Waals surface area contributed by atoms with Crippen LogP contribution in [0.3, 0.4) is 0 Å². The maximum Gasteiger partial charge on any atom is 0.272 e. The Hall–Kier alpha value is -3.29. The monoisotopic (exact) mass is 408 g/mol. The van der Waals surface area contributed by atoms with E-state index in [4.69, 9.17) is 0 Å². The minimum Gasteiger partial charge on any atom is -0.333 e. The Morgan fingerprint density at radius 2 is 1.63 bits per heavy atom. The first-order valence-electron chi connectivity index (χ1n) is 10.0. The molecule has 1 aromatic carbocycles. The summed E-state index contributed by atoms with van der Waals surface area (Å²) in [5.41, 5.74) is 1.71. The molecule has 1 aromatic heterocycles. The number of imide groups is 1. The lowest BCUT2D eigenvalue weighted by atomic mass is 9.85. The third-order valence-electron chi connectivity index (χ3n) is 6.30. The molecule has 1 aliphatic carbocycles. The largest absolute Gasteiger partial charge is 0.333 e. The summed E-state index contributed by atoms with van der Waals surface area (Å²) in [4.78, 5) is 41.3. The van der Waals surface area contributed by atoms with Crippen molar-refractivity contribution in [2.45, 2.75) is 18.9 Å². The standard InChI is InChI=1S/C22H21FN4O3/c1-25-19(10-18(24-25)13-6-8-14(23)9-7-13)22(30)26-11-15(12-26)27-20(28)16-4-2-3-5-17(16)21(27)29/h2-3,6-10,15-17H,4-5,11-12H2,1H3. The van der Waals surface area contributed by atoms with Crippen LogP contribution in [0.15, 0.2) is 42.5 Å². The number of carbonyl (C=O) groups is 3. The van der Waals surface area contributed by atoms with E-state index >= 15 is 0 Å². The zero-order chi connectivity index (χ0) is 21.0. The maximum absolute atomic E-state index is 13.1. The van der Waals surface area contributed by atoms with Crippen LogP contribution in [0.25, 0.3) is 11.3 Å². The van der Waals surface area contributed by atoms with E-state index in [1.165, 1.54) is 21.7 Å². The molecule has 3 aliphatic rings. The van der Waals surface area contributed by atoms with Gasteiger partial charge in [0.25, 0.3) is 5.91 Å². The predicted octanol–water partition coefficient (Wildman–Crippen LogP) is 2.00. The average molecular weight is 408 g/mol. The van der Waals surface area contributed by atoms with Crippen molar-refractivity contribution in [2.75, 3.05) is 13.1 Å². The summed E-state index contributed by atoms with van der Waals surface area (Å²) in [6.45, 7) is 0.667. The number of nitrogens with zero attached hydrogens (tertiary/aromatic N) is 4. The van der Waals surface area contributed by atoms with Crippen molar-refractivity contribution < 1.29 is 18.8 Å². The molecule has 0 radical (unpaired) electrons. The lowest BCUT2D eigenvalue weighted by molar-refractivity contribution is -0.145. The van der Waals surface area contributed by atoms with Gasteiger partial charge in [-0.1, -0.05) is 12.2 Å². The van der Waals surface area contributed by atoms with Crippen LogP contribution in [-0.4, -0.2) is 56.4 Å². The van der Waals surface area contributed by atoms with Gasteiger partial charge in [-0.15, -0.1) is 0 Å². The molecule has 0 saturated carbocycles. The Morgan fingerprint density at radius 3 is 2.23 bits per heavy atom. The quantitative estimate of drug-likeness (QED) is 0.575. The van der Waals surface area contributed by atoms with Gasteiger partial charge in [0.1, 0.15) is 11.5 Å². The van der Waals surface area contributed by atoms with E-state index in [2.05, 4.69) is 5.10 Å². The molecule has 3 amide bonds. The van der Waals surface area contributed by atoms with Crippen molar-refractivity contribution in [1.29, 1.82) is 0 Å². The van der Waals surface area contributed by atoms with Crippen molar-refractivity contribution in [3.8, 4) is 11.3 Å². The molecule has 0 spiro atoms. The summed E-state index contributed by atoms with van der Waals surface area (Å²) >= 11 is 0. The molecule has 5 rings (SSSR count). The van der Waals surface area contributed by atoms with E-state index in [-0.39, 0.29) is 41.4 Å². The second-order valence-electron chi connectivity index (χ2n) is 8.11. The zero-order valence-corrected chi connectivity index (χ0v) is 16.5. The Kier molecular flexibility index (Phi) is 4.30. The SMILES string of the molecule is Cn1nc(-c2ccc(F)cc2)cc1C(=O)N1CC(N2C(=O)C3CC=CCC3C2=O)C1. The third-order valence-corrected chi connectivity index (χ3v) is 6.30. The molecular formula is C22H21FN4O3. The fraction of sp³-hybridized carbons (Fsp3) is 0.364. The molecule has 7 nitrogen and oxygen atoms in total. The normalized spacial score (nSPS) is 23.7. The summed E-state index contributed by atoms with van der Waals surface area (Å²) < 4.78 is 14.7. The van der Waals surface area contributed by atoms with Gasteiger partial charge in [-0.25, -0.2) is 4.39 Å². The number of hydrogen-bond acceptors (Lipinski definition) is 4. The highest BCUT2D eigenvalue weighted by Crippen LogP contribution is 2.37. The lowest BCUT2D eigenvalue weighted by Crippen LogP contribution is -2.62. The molecule has 0 N–H and O–H groups in total. The van der Waals surface area contributed by atoms with Crippen molar-refractivity contribution in [1.82, 2.24) is 19.6 Å². The Balaban J connectivity index is 1.28. The van der Waals surface area contributed by atoms with E-state index in [1.807, 2.05) is 12.2 Å². The van der Waals surface area contributed by atoms with Crippen molar-refractivity contribution in [3.05, 3.63) is 54.0 Å². The molecular weight excluding hydrogens is 387 g/mol. The van der Waals surface area contributed by atoms with Crippen molar-refractivity contribution >= 4 is 17.7 Å². The molecule has 2 aliphatic heterocycles. The zero-order valence-electron chi connectivity index (χ0n) is 16.5. The second-order valence-corrected chi connectivity index (χ2v) is 8.11. The molecule has 8 heteroatoms. The van der Waals surface area contributed by atoms with E-state index in [9.17, 15) is 18.8 Å². The van der Waals surface area contributed by atoms with Crippen LogP contribution in [0.1, 0.15) is 23.3 Å². The average Bonchev–Trinajstić information content (AvgIpc) is 3.21. The first kappa shape index (κ1) is 18.7. The number of rotatable bonds is 3. The van der Waals surface area contributed by atoms with E-state index in [0.29, 0.717) is 37.3 Å². The number of fused-ring (bicyclic) bond motifs is 1. The molecule has 2 fully saturated rings. The predicted molar refractivity (Wildman–Crippen MR) is 106 cm³/mol. The van der Waals surface area contributed by atoms with Gasteiger partial charge in [0.05, 0.1) is 23.6 Å². The third kappa shape index (κ3) is 2.86. The fourth-order valence-electron chi connectivity index (χ4n) is 4.56. The summed E-state index contributed by atoms with van der Waals surface area (Å²) in [5.74, 6) is -1.24. The van der Waals surface area contributed by atoms with E-state index in [0.717, 1.165) is 5.56 Å². The van der Waals surface area contributed by atoms with E-state index < -0.39 is 0 Å². The number of hydrogen-bond donors (Lipinski definition) is 0. The van der Waals surface area contributed by atoms with Crippen LogP contribution in [0.2, 0.25) is 0 Å². The van der Waals surface area contributed by atoms with Crippen LogP contribution in [-0.2, 0) is 16.6 Å². The van der Waals surface area contributed by atoms with Gasteiger partial charge in [-0.2, -0.15) is 5.10 Å². The fourth-order valence-corrected chi connectivity index (χ4v) is 4.56. The highest BCUT2D eigenvalue weighted by atomic mass is 19.1. The van der Waals surface area contributed by atoms with Gasteiger partial charge in [0.2, 0.25) is 11.8 Å². The Morgan fingerprint density at radius 1 is 1.03 bits per heavy atom. The second kappa shape index (κ2) is 6.90. The molecule has 2 unspecified atom stereocenters. The maximum atomic E-state index is 13.1. The van der Waals surface area contributed by atoms with Gasteiger partial charge in [-0.05, 0) is 43.2 Å². The number of likely N-dealkylation sites (tertiary alicyclic amines) is 2. The number of aryl methyl sites for hydroxylation is 1. The summed E-state index contributed by atoms with van der Waals surface area (Å²) in [7, 11) is 1.68. The van der Waals surface area contributed by atoms with Crippen molar-refractivity contribution in [2.24, 2.45) is 18.9 Å². The van der Waals surface area contributed by atoms with Gasteiger partial charge < -0.3 is 4.90 Å². The van der Waals surface area contributed by atoms with Crippen LogP contribution >= 0.6 is 0 Å². The summed E-state index contributed by atoms with van der Waals surface area (Å²) in [5, 5.41) is 4.36. The number of halogens is 1. The van der Waals surface area contributed by atoms with Gasteiger partial charge in [0, 0.05) is 25.7 Å². The smallest absolute Gasteiger partial charge is 0.272 e.